The van der Waals surface area contributed by atoms with Crippen LogP contribution in [0.2, 0.25) is 0 Å². The van der Waals surface area contributed by atoms with Crippen molar-refractivity contribution in [3.8, 4) is 0 Å². The molecule has 0 radical (unpaired) electrons. The van der Waals surface area contributed by atoms with Crippen LogP contribution in [0, 0.1) is 0 Å². The summed E-state index contributed by atoms with van der Waals surface area (Å²) in [6, 6.07) is 14.5. The second-order valence-corrected chi connectivity index (χ2v) is 7.08. The first-order chi connectivity index (χ1) is 13.8. The van der Waals surface area contributed by atoms with E-state index in [2.05, 4.69) is 39.1 Å². The fourth-order valence-corrected chi connectivity index (χ4v) is 4.03. The topological polar surface area (TPSA) is 70.7 Å². The maximum absolute atomic E-state index is 11.6. The van der Waals surface area contributed by atoms with Gasteiger partial charge in [0, 0.05) is 24.5 Å². The Labute approximate surface area is 162 Å². The molecule has 144 valence electrons. The predicted molar refractivity (Wildman–Crippen MR) is 107 cm³/mol. The third kappa shape index (κ3) is 3.02. The van der Waals surface area contributed by atoms with Crippen LogP contribution in [0.25, 0.3) is 11.0 Å². The van der Waals surface area contributed by atoms with Gasteiger partial charge in [0.05, 0.1) is 43.2 Å². The molecule has 0 saturated carbocycles. The Morgan fingerprint density at radius 3 is 2.64 bits per heavy atom. The van der Waals surface area contributed by atoms with Crippen LogP contribution < -0.4 is 9.80 Å². The normalized spacial score (nSPS) is 22.7. The van der Waals surface area contributed by atoms with Gasteiger partial charge in [0.15, 0.2) is 12.5 Å². The van der Waals surface area contributed by atoms with Crippen LogP contribution in [0.4, 0.5) is 11.4 Å². The molecule has 28 heavy (non-hydrogen) atoms. The lowest BCUT2D eigenvalue weighted by Gasteiger charge is -2.30. The summed E-state index contributed by atoms with van der Waals surface area (Å²) in [5.74, 6) is 0. The zero-order chi connectivity index (χ0) is 18.9. The summed E-state index contributed by atoms with van der Waals surface area (Å²) in [7, 11) is 0. The van der Waals surface area contributed by atoms with Crippen LogP contribution in [0.3, 0.4) is 0 Å². The van der Waals surface area contributed by atoms with Crippen LogP contribution in [0.1, 0.15) is 11.6 Å². The van der Waals surface area contributed by atoms with E-state index in [1.54, 1.807) is 6.33 Å². The Morgan fingerprint density at radius 2 is 1.86 bits per heavy atom. The molecule has 0 spiro atoms. The van der Waals surface area contributed by atoms with E-state index in [1.165, 1.54) is 5.69 Å². The molecule has 2 fully saturated rings. The number of rotatable bonds is 4. The lowest BCUT2D eigenvalue weighted by Crippen LogP contribution is -2.36. The third-order valence-electron chi connectivity index (χ3n) is 5.51. The molecule has 1 aromatic heterocycles. The molecule has 2 saturated heterocycles. The molecule has 1 N–H and O–H groups in total. The quantitative estimate of drug-likeness (QED) is 0.704. The molecule has 7 heteroatoms. The summed E-state index contributed by atoms with van der Waals surface area (Å²) in [6.07, 6.45) is 1.94. The minimum absolute atomic E-state index is 0.0228. The van der Waals surface area contributed by atoms with Gasteiger partial charge in [-0.3, -0.25) is 4.79 Å². The second-order valence-electron chi connectivity index (χ2n) is 7.08. The summed E-state index contributed by atoms with van der Waals surface area (Å²) in [4.78, 5) is 23.4. The largest absolute Gasteiger partial charge is 0.378 e. The summed E-state index contributed by atoms with van der Waals surface area (Å²) in [5.41, 5.74) is 5.09. The van der Waals surface area contributed by atoms with Gasteiger partial charge in [-0.25, -0.2) is 4.98 Å². The van der Waals surface area contributed by atoms with Crippen molar-refractivity contribution in [3.63, 3.8) is 0 Å². The second kappa shape index (κ2) is 7.26. The van der Waals surface area contributed by atoms with Crippen molar-refractivity contribution in [2.75, 3.05) is 42.7 Å². The number of anilines is 2. The Balaban J connectivity index is 1.44. The smallest absolute Gasteiger partial charge is 0.187 e. The van der Waals surface area contributed by atoms with E-state index < -0.39 is 6.23 Å². The number of aldehydes is 1. The fraction of sp³-hybridized carbons (Fsp3) is 0.333. The van der Waals surface area contributed by atoms with Crippen molar-refractivity contribution >= 4 is 28.7 Å². The molecule has 5 rings (SSSR count). The Hall–Kier alpha value is -2.90. The average Bonchev–Trinajstić information content (AvgIpc) is 3.40. The third-order valence-corrected chi connectivity index (χ3v) is 5.51. The minimum Gasteiger partial charge on any atom is -0.378 e. The number of morpholine rings is 1. The first-order valence-corrected chi connectivity index (χ1v) is 9.54. The molecule has 0 bridgehead atoms. The Bertz CT molecular complexity index is 965. The number of carbonyl (C=O) groups is 1. The van der Waals surface area contributed by atoms with E-state index in [4.69, 9.17) is 9.47 Å². The van der Waals surface area contributed by atoms with Crippen molar-refractivity contribution in [2.24, 2.45) is 0 Å². The van der Waals surface area contributed by atoms with Gasteiger partial charge in [-0.2, -0.15) is 0 Å². The first kappa shape index (κ1) is 17.2. The maximum Gasteiger partial charge on any atom is 0.187 e. The van der Waals surface area contributed by atoms with E-state index in [9.17, 15) is 4.79 Å². The number of H-pyrrole nitrogens is 1. The van der Waals surface area contributed by atoms with Crippen molar-refractivity contribution in [1.82, 2.24) is 9.97 Å². The van der Waals surface area contributed by atoms with Crippen LogP contribution in [-0.2, 0) is 14.3 Å². The van der Waals surface area contributed by atoms with Gasteiger partial charge >= 0.3 is 0 Å². The lowest BCUT2D eigenvalue weighted by atomic mass is 10.0. The van der Waals surface area contributed by atoms with Gasteiger partial charge in [-0.05, 0) is 35.9 Å². The van der Waals surface area contributed by atoms with Gasteiger partial charge in [0.1, 0.15) is 0 Å². The van der Waals surface area contributed by atoms with Crippen LogP contribution in [0.5, 0.6) is 0 Å². The molecular formula is C21H22N4O3. The molecule has 0 aliphatic carbocycles. The summed E-state index contributed by atoms with van der Waals surface area (Å²) in [5, 5.41) is 0. The number of benzene rings is 2. The van der Waals surface area contributed by atoms with E-state index in [0.717, 1.165) is 54.9 Å². The van der Waals surface area contributed by atoms with E-state index >= 15 is 0 Å². The number of fused-ring (bicyclic) bond motifs is 1. The summed E-state index contributed by atoms with van der Waals surface area (Å²) >= 11 is 0. The number of hydrogen-bond acceptors (Lipinski definition) is 6. The number of hydrogen-bond donors (Lipinski definition) is 1. The van der Waals surface area contributed by atoms with Gasteiger partial charge in [-0.15, -0.1) is 0 Å². The first-order valence-electron chi connectivity index (χ1n) is 9.54. The number of carbonyl (C=O) groups excluding carboxylic acids is 1. The van der Waals surface area contributed by atoms with Crippen molar-refractivity contribution in [1.29, 1.82) is 0 Å². The average molecular weight is 378 g/mol. The highest BCUT2D eigenvalue weighted by Crippen LogP contribution is 2.36. The van der Waals surface area contributed by atoms with Crippen molar-refractivity contribution < 1.29 is 14.3 Å². The molecule has 0 amide bonds. The molecule has 2 unspecified atom stereocenters. The lowest BCUT2D eigenvalue weighted by molar-refractivity contribution is -0.115. The number of nitrogens with zero attached hydrogens (tertiary/aromatic N) is 3. The highest BCUT2D eigenvalue weighted by molar-refractivity contribution is 5.80. The van der Waals surface area contributed by atoms with Gasteiger partial charge < -0.3 is 24.3 Å². The van der Waals surface area contributed by atoms with Crippen molar-refractivity contribution in [3.05, 3.63) is 54.4 Å². The van der Waals surface area contributed by atoms with E-state index in [0.29, 0.717) is 6.61 Å². The zero-order valence-electron chi connectivity index (χ0n) is 15.5. The number of ether oxygens (including phenoxy) is 2. The zero-order valence-corrected chi connectivity index (χ0v) is 15.5. The number of imidazole rings is 1. The summed E-state index contributed by atoms with van der Waals surface area (Å²) in [6.45, 7) is 3.83. The maximum atomic E-state index is 11.6. The van der Waals surface area contributed by atoms with Crippen LogP contribution >= 0.6 is 0 Å². The Kier molecular flexibility index (Phi) is 4.46. The molecule has 2 aromatic carbocycles. The van der Waals surface area contributed by atoms with Gasteiger partial charge in [0.25, 0.3) is 0 Å². The standard InChI is InChI=1S/C21H22N4O3/c26-12-21-25(17-5-6-18-19(11-17)23-14-22-18)20(13-28-21)15-1-3-16(4-2-15)24-7-9-27-10-8-24/h1-6,11-12,14,20-21H,7-10,13H2,(H,22,23). The molecule has 3 aromatic rings. The molecular weight excluding hydrogens is 356 g/mol. The molecule has 7 nitrogen and oxygen atoms in total. The monoisotopic (exact) mass is 378 g/mol. The highest BCUT2D eigenvalue weighted by atomic mass is 16.5. The highest BCUT2D eigenvalue weighted by Gasteiger charge is 2.35. The molecule has 3 heterocycles. The Morgan fingerprint density at radius 1 is 1.07 bits per heavy atom. The van der Waals surface area contributed by atoms with E-state index in [-0.39, 0.29) is 6.04 Å². The number of aromatic amines is 1. The van der Waals surface area contributed by atoms with Gasteiger partial charge in [0.2, 0.25) is 0 Å². The van der Waals surface area contributed by atoms with Crippen molar-refractivity contribution in [2.45, 2.75) is 12.3 Å². The minimum atomic E-state index is -0.597. The van der Waals surface area contributed by atoms with E-state index in [1.807, 2.05) is 23.1 Å². The predicted octanol–water partition coefficient (Wildman–Crippen LogP) is 2.50. The summed E-state index contributed by atoms with van der Waals surface area (Å²) < 4.78 is 11.2. The fourth-order valence-electron chi connectivity index (χ4n) is 4.03. The SMILES string of the molecule is O=CC1OCC(c2ccc(N3CCOCC3)cc2)N1c1ccc2[nH]cnc2c1. The molecule has 2 atom stereocenters. The van der Waals surface area contributed by atoms with Crippen LogP contribution in [-0.4, -0.2) is 55.4 Å². The van der Waals surface area contributed by atoms with Crippen LogP contribution in [0.15, 0.2) is 48.8 Å². The number of nitrogens with one attached hydrogen (secondary N) is 1. The molecule has 2 aliphatic heterocycles. The van der Waals surface area contributed by atoms with Gasteiger partial charge in [-0.1, -0.05) is 12.1 Å². The molecule has 2 aliphatic rings. The number of aromatic nitrogens is 2.